The number of rotatable bonds is 24. The Kier molecular flexibility index (Phi) is 23.9. The van der Waals surface area contributed by atoms with Crippen molar-refractivity contribution in [2.75, 3.05) is 0 Å². The third-order valence-corrected chi connectivity index (χ3v) is 11.3. The maximum atomic E-state index is 2.63. The van der Waals surface area contributed by atoms with Crippen molar-refractivity contribution in [2.24, 2.45) is 0 Å². The maximum absolute atomic E-state index is 2.63. The molecule has 0 saturated carbocycles. The van der Waals surface area contributed by atoms with E-state index < -0.39 is 0 Å². The van der Waals surface area contributed by atoms with E-state index in [1.165, 1.54) is 135 Å². The minimum absolute atomic E-state index is 0.173. The second-order valence-electron chi connectivity index (χ2n) is 10.7. The van der Waals surface area contributed by atoms with Crippen LogP contribution in [0.3, 0.4) is 0 Å². The summed E-state index contributed by atoms with van der Waals surface area (Å²) in [5, 5.41) is 0. The lowest BCUT2D eigenvalue weighted by Crippen LogP contribution is -2.18. The topological polar surface area (TPSA) is 0 Å². The molecule has 0 aromatic carbocycles. The van der Waals surface area contributed by atoms with Gasteiger partial charge in [0.1, 0.15) is 0 Å². The van der Waals surface area contributed by atoms with E-state index in [4.69, 9.17) is 0 Å². The highest BCUT2D eigenvalue weighted by atomic mass is 31.1. The normalized spacial score (nSPS) is 15.7. The van der Waals surface area contributed by atoms with Gasteiger partial charge in [0, 0.05) is 0 Å². The summed E-state index contributed by atoms with van der Waals surface area (Å²) in [6, 6.07) is 0. The first-order valence-corrected chi connectivity index (χ1v) is 16.4. The lowest BCUT2D eigenvalue weighted by Gasteiger charge is -2.36. The van der Waals surface area contributed by atoms with Crippen LogP contribution in [0.25, 0.3) is 0 Å². The molecule has 1 heteroatoms. The molecule has 0 radical (unpaired) electrons. The zero-order valence-corrected chi connectivity index (χ0v) is 23.9. The Morgan fingerprint density at radius 1 is 0.355 bits per heavy atom. The maximum Gasteiger partial charge on any atom is -0.0233 e. The Bertz CT molecular complexity index is 287. The van der Waals surface area contributed by atoms with Gasteiger partial charge in [-0.1, -0.05) is 165 Å². The van der Waals surface area contributed by atoms with Crippen LogP contribution in [0.15, 0.2) is 0 Å². The van der Waals surface area contributed by atoms with Crippen molar-refractivity contribution in [1.29, 1.82) is 0 Å². The molecule has 3 unspecified atom stereocenters. The minimum Gasteiger partial charge on any atom is -0.0980 e. The molecule has 0 heterocycles. The molecule has 0 rings (SSSR count). The summed E-state index contributed by atoms with van der Waals surface area (Å²) < 4.78 is 0. The van der Waals surface area contributed by atoms with Crippen molar-refractivity contribution in [3.8, 4) is 0 Å². The third kappa shape index (κ3) is 18.5. The summed E-state index contributed by atoms with van der Waals surface area (Å²) in [4.78, 5) is 0. The molecule has 0 aromatic rings. The van der Waals surface area contributed by atoms with Crippen LogP contribution in [0.2, 0.25) is 0 Å². The number of hydrogen-bond donors (Lipinski definition) is 0. The summed E-state index contributed by atoms with van der Waals surface area (Å²) in [5.41, 5.74) is 2.93. The smallest absolute Gasteiger partial charge is 0.0233 e. The Morgan fingerprint density at radius 2 is 0.581 bits per heavy atom. The third-order valence-electron chi connectivity index (χ3n) is 7.45. The van der Waals surface area contributed by atoms with Gasteiger partial charge in [0.05, 0.1) is 0 Å². The second kappa shape index (κ2) is 23.6. The first-order chi connectivity index (χ1) is 15.1. The lowest BCUT2D eigenvalue weighted by atomic mass is 10.1. The molecular formula is C30H63P. The van der Waals surface area contributed by atoms with E-state index in [1.54, 1.807) is 0 Å². The highest BCUT2D eigenvalue weighted by molar-refractivity contribution is 7.59. The fraction of sp³-hybridized carbons (Fsp3) is 1.00. The van der Waals surface area contributed by atoms with E-state index in [-0.39, 0.29) is 7.92 Å². The van der Waals surface area contributed by atoms with Crippen LogP contribution < -0.4 is 0 Å². The van der Waals surface area contributed by atoms with Crippen molar-refractivity contribution >= 4 is 7.92 Å². The standard InChI is InChI=1S/C30H63P/c1-7-10-13-16-19-22-25-28(4)31(29(5)26-23-20-17-14-11-8-2)30(6)27-24-21-18-15-12-9-3/h28-30H,7-27H2,1-6H3. The van der Waals surface area contributed by atoms with Gasteiger partial charge < -0.3 is 0 Å². The van der Waals surface area contributed by atoms with Crippen LogP contribution >= 0.6 is 7.92 Å². The van der Waals surface area contributed by atoms with Crippen LogP contribution in [0.5, 0.6) is 0 Å². The van der Waals surface area contributed by atoms with Gasteiger partial charge in [0.15, 0.2) is 0 Å². The molecule has 0 spiro atoms. The van der Waals surface area contributed by atoms with Crippen LogP contribution in [-0.4, -0.2) is 17.0 Å². The fourth-order valence-corrected chi connectivity index (χ4v) is 9.46. The molecule has 0 aliphatic carbocycles. The first kappa shape index (κ1) is 31.4. The predicted molar refractivity (Wildman–Crippen MR) is 149 cm³/mol. The van der Waals surface area contributed by atoms with Crippen molar-refractivity contribution in [1.82, 2.24) is 0 Å². The van der Waals surface area contributed by atoms with Gasteiger partial charge in [-0.3, -0.25) is 0 Å². The summed E-state index contributed by atoms with van der Waals surface area (Å²) >= 11 is 0. The second-order valence-corrected chi connectivity index (χ2v) is 14.2. The zero-order chi connectivity index (χ0) is 23.2. The van der Waals surface area contributed by atoms with Crippen molar-refractivity contribution in [3.05, 3.63) is 0 Å². The highest BCUT2D eigenvalue weighted by Gasteiger charge is 2.27. The van der Waals surface area contributed by atoms with Crippen molar-refractivity contribution in [2.45, 2.75) is 193 Å². The molecule has 0 amide bonds. The average Bonchev–Trinajstić information content (AvgIpc) is 2.75. The SMILES string of the molecule is CCCCCCCCC(C)P(C(C)CCCCCCCC)C(C)CCCCCCCC. The Hall–Kier alpha value is 0.430. The van der Waals surface area contributed by atoms with Crippen LogP contribution in [0.4, 0.5) is 0 Å². The molecule has 0 aliphatic rings. The molecule has 0 N–H and O–H groups in total. The van der Waals surface area contributed by atoms with Crippen molar-refractivity contribution < 1.29 is 0 Å². The zero-order valence-electron chi connectivity index (χ0n) is 23.0. The van der Waals surface area contributed by atoms with Gasteiger partial charge in [0.25, 0.3) is 0 Å². The number of unbranched alkanes of at least 4 members (excludes halogenated alkanes) is 15. The molecule has 0 aliphatic heterocycles. The highest BCUT2D eigenvalue weighted by Crippen LogP contribution is 2.55. The summed E-state index contributed by atoms with van der Waals surface area (Å²) in [6.07, 6.45) is 30.6. The van der Waals surface area contributed by atoms with Gasteiger partial charge >= 0.3 is 0 Å². The molecule has 188 valence electrons. The molecule has 0 nitrogen and oxygen atoms in total. The van der Waals surface area contributed by atoms with Crippen molar-refractivity contribution in [3.63, 3.8) is 0 Å². The molecule has 0 saturated heterocycles. The monoisotopic (exact) mass is 454 g/mol. The van der Waals surface area contributed by atoms with E-state index in [2.05, 4.69) is 41.5 Å². The van der Waals surface area contributed by atoms with Gasteiger partial charge in [0.2, 0.25) is 0 Å². The molecule has 0 bridgehead atoms. The molecule has 0 aromatic heterocycles. The van der Waals surface area contributed by atoms with Gasteiger partial charge in [-0.25, -0.2) is 0 Å². The van der Waals surface area contributed by atoms with Gasteiger partial charge in [-0.05, 0) is 36.2 Å². The van der Waals surface area contributed by atoms with Crippen LogP contribution in [-0.2, 0) is 0 Å². The van der Waals surface area contributed by atoms with E-state index in [1.807, 2.05) is 0 Å². The molecule has 31 heavy (non-hydrogen) atoms. The Labute approximate surface area is 201 Å². The predicted octanol–water partition coefficient (Wildman–Crippen LogP) is 11.9. The van der Waals surface area contributed by atoms with E-state index in [0.29, 0.717) is 0 Å². The van der Waals surface area contributed by atoms with E-state index in [9.17, 15) is 0 Å². The van der Waals surface area contributed by atoms with Crippen LogP contribution in [0.1, 0.15) is 176 Å². The van der Waals surface area contributed by atoms with E-state index >= 15 is 0 Å². The quantitative estimate of drug-likeness (QED) is 0.100. The first-order valence-electron chi connectivity index (χ1n) is 14.9. The Balaban J connectivity index is 4.46. The molecular weight excluding hydrogens is 391 g/mol. The van der Waals surface area contributed by atoms with Crippen LogP contribution in [0, 0.1) is 0 Å². The average molecular weight is 455 g/mol. The number of hydrogen-bond acceptors (Lipinski definition) is 0. The largest absolute Gasteiger partial charge is 0.0980 e. The summed E-state index contributed by atoms with van der Waals surface area (Å²) in [5.74, 6) is 0. The van der Waals surface area contributed by atoms with Gasteiger partial charge in [-0.2, -0.15) is 0 Å². The molecule has 0 fully saturated rings. The minimum atomic E-state index is 0.173. The fourth-order valence-electron chi connectivity index (χ4n) is 5.41. The Morgan fingerprint density at radius 3 is 0.839 bits per heavy atom. The van der Waals surface area contributed by atoms with Gasteiger partial charge in [-0.15, -0.1) is 0 Å². The lowest BCUT2D eigenvalue weighted by molar-refractivity contribution is 0.567. The summed E-state index contributed by atoms with van der Waals surface area (Å²) in [6.45, 7) is 14.9. The van der Waals surface area contributed by atoms with E-state index in [0.717, 1.165) is 17.0 Å². The molecule has 3 atom stereocenters. The summed E-state index contributed by atoms with van der Waals surface area (Å²) in [7, 11) is 0.173.